The second-order valence-electron chi connectivity index (χ2n) is 8.23. The molecule has 1 unspecified atom stereocenters. The van der Waals surface area contributed by atoms with E-state index in [-0.39, 0.29) is 24.9 Å². The van der Waals surface area contributed by atoms with Crippen LogP contribution in [-0.4, -0.2) is 55.5 Å². The van der Waals surface area contributed by atoms with Crippen molar-refractivity contribution >= 4 is 17.6 Å². The second kappa shape index (κ2) is 11.9. The van der Waals surface area contributed by atoms with Gasteiger partial charge in [0.15, 0.2) is 0 Å². The second-order valence-corrected chi connectivity index (χ2v) is 8.61. The van der Waals surface area contributed by atoms with E-state index in [2.05, 4.69) is 10.6 Å². The molecule has 174 valence electrons. The van der Waals surface area contributed by atoms with Crippen molar-refractivity contribution in [2.75, 3.05) is 39.6 Å². The molecule has 0 aliphatic carbocycles. The van der Waals surface area contributed by atoms with Crippen molar-refractivity contribution in [2.45, 2.75) is 18.8 Å². The molecule has 2 amide bonds. The van der Waals surface area contributed by atoms with Gasteiger partial charge in [-0.2, -0.15) is 5.01 Å². The van der Waals surface area contributed by atoms with Gasteiger partial charge in [-0.05, 0) is 61.8 Å². The molecule has 0 fully saturated rings. The van der Waals surface area contributed by atoms with Crippen molar-refractivity contribution < 1.29 is 13.6 Å². The fraction of sp³-hybridized carbons (Fsp3) is 0.435. The highest BCUT2D eigenvalue weighted by Gasteiger charge is 2.40. The van der Waals surface area contributed by atoms with Gasteiger partial charge in [0.05, 0.1) is 11.8 Å². The standard InChI is InChI=1S/C23H29ClF2N4O2/c1-17(15-29(2)3)14-23(18-4-8-20(25)9-5-18,19-6-10-21(26)11-7-19)16-30(28-32)22(31)27-13-12-24/h4-11,17H,12-16H2,1-3H3,(H,27,31). The summed E-state index contributed by atoms with van der Waals surface area (Å²) in [5, 5.41) is 6.30. The summed E-state index contributed by atoms with van der Waals surface area (Å²) >= 11 is 5.65. The number of halogens is 3. The van der Waals surface area contributed by atoms with E-state index in [1.54, 1.807) is 24.3 Å². The molecule has 0 spiro atoms. The lowest BCUT2D eigenvalue weighted by Crippen LogP contribution is -2.47. The number of nitrogens with zero attached hydrogens (tertiary/aromatic N) is 3. The molecule has 0 heterocycles. The first-order valence-electron chi connectivity index (χ1n) is 10.3. The Hall–Kier alpha value is -2.58. The SMILES string of the molecule is CC(CN(C)C)CC(CN(N=O)C(=O)NCCCl)(c1ccc(F)cc1)c1ccc(F)cc1. The number of hydrogen-bond acceptors (Lipinski definition) is 4. The number of carbonyl (C=O) groups excluding carboxylic acids is 1. The molecule has 0 saturated heterocycles. The van der Waals surface area contributed by atoms with Crippen LogP contribution in [0.2, 0.25) is 0 Å². The van der Waals surface area contributed by atoms with E-state index in [4.69, 9.17) is 11.6 Å². The van der Waals surface area contributed by atoms with Gasteiger partial charge in [-0.25, -0.2) is 13.6 Å². The summed E-state index contributed by atoms with van der Waals surface area (Å²) in [5.41, 5.74) is 0.438. The lowest BCUT2D eigenvalue weighted by Gasteiger charge is -2.39. The predicted octanol–water partition coefficient (Wildman–Crippen LogP) is 4.77. The van der Waals surface area contributed by atoms with E-state index >= 15 is 0 Å². The van der Waals surface area contributed by atoms with Crippen LogP contribution < -0.4 is 5.32 Å². The minimum Gasteiger partial charge on any atom is -0.335 e. The van der Waals surface area contributed by atoms with E-state index in [0.717, 1.165) is 11.6 Å². The highest BCUT2D eigenvalue weighted by atomic mass is 35.5. The van der Waals surface area contributed by atoms with Crippen LogP contribution in [0.4, 0.5) is 13.6 Å². The van der Waals surface area contributed by atoms with Gasteiger partial charge in [0.1, 0.15) is 11.6 Å². The molecule has 2 aromatic rings. The number of alkyl halides is 1. The monoisotopic (exact) mass is 466 g/mol. The van der Waals surface area contributed by atoms with Crippen LogP contribution in [0.1, 0.15) is 24.5 Å². The molecule has 1 atom stereocenters. The van der Waals surface area contributed by atoms with Gasteiger partial charge >= 0.3 is 6.03 Å². The van der Waals surface area contributed by atoms with Crippen LogP contribution in [0.15, 0.2) is 53.8 Å². The average Bonchev–Trinajstić information content (AvgIpc) is 2.75. The fourth-order valence-corrected chi connectivity index (χ4v) is 4.20. The van der Waals surface area contributed by atoms with Gasteiger partial charge < -0.3 is 10.2 Å². The highest BCUT2D eigenvalue weighted by Crippen LogP contribution is 2.40. The first kappa shape index (κ1) is 25.7. The molecule has 0 saturated carbocycles. The predicted molar refractivity (Wildman–Crippen MR) is 123 cm³/mol. The molecule has 0 aromatic heterocycles. The van der Waals surface area contributed by atoms with Gasteiger partial charge in [-0.3, -0.25) is 0 Å². The molecule has 0 bridgehead atoms. The molecule has 32 heavy (non-hydrogen) atoms. The Kier molecular flexibility index (Phi) is 9.53. The van der Waals surface area contributed by atoms with Crippen molar-refractivity contribution in [3.8, 4) is 0 Å². The average molecular weight is 467 g/mol. The number of carbonyl (C=O) groups is 1. The van der Waals surface area contributed by atoms with E-state index in [1.807, 2.05) is 25.9 Å². The number of amides is 2. The van der Waals surface area contributed by atoms with Crippen LogP contribution in [0.25, 0.3) is 0 Å². The molecule has 0 radical (unpaired) electrons. The Morgan fingerprint density at radius 2 is 1.56 bits per heavy atom. The first-order valence-corrected chi connectivity index (χ1v) is 10.9. The molecule has 2 aromatic carbocycles. The maximum absolute atomic E-state index is 13.7. The van der Waals surface area contributed by atoms with Crippen LogP contribution in [0.5, 0.6) is 0 Å². The summed E-state index contributed by atoms with van der Waals surface area (Å²) in [6.07, 6.45) is 0.497. The molecule has 0 aliphatic heterocycles. The maximum Gasteiger partial charge on any atom is 0.340 e. The molecule has 6 nitrogen and oxygen atoms in total. The van der Waals surface area contributed by atoms with Crippen molar-refractivity contribution in [2.24, 2.45) is 11.2 Å². The summed E-state index contributed by atoms with van der Waals surface area (Å²) in [4.78, 5) is 26.3. The third-order valence-corrected chi connectivity index (χ3v) is 5.48. The van der Waals surface area contributed by atoms with E-state index < -0.39 is 23.1 Å². The summed E-state index contributed by atoms with van der Waals surface area (Å²) < 4.78 is 27.5. The number of rotatable bonds is 11. The van der Waals surface area contributed by atoms with Crippen LogP contribution in [0, 0.1) is 22.5 Å². The minimum atomic E-state index is -0.941. The molecule has 0 aliphatic rings. The first-order chi connectivity index (χ1) is 15.2. The van der Waals surface area contributed by atoms with E-state index in [1.165, 1.54) is 24.3 Å². The van der Waals surface area contributed by atoms with Crippen LogP contribution in [0.3, 0.4) is 0 Å². The smallest absolute Gasteiger partial charge is 0.335 e. The van der Waals surface area contributed by atoms with Crippen molar-refractivity contribution in [1.82, 2.24) is 15.2 Å². The Morgan fingerprint density at radius 3 is 1.97 bits per heavy atom. The summed E-state index contributed by atoms with van der Waals surface area (Å²) in [6.45, 7) is 2.84. The van der Waals surface area contributed by atoms with Gasteiger partial charge in [-0.15, -0.1) is 16.5 Å². The minimum absolute atomic E-state index is 0.111. The van der Waals surface area contributed by atoms with Crippen LogP contribution >= 0.6 is 11.6 Å². The number of benzene rings is 2. The Morgan fingerprint density at radius 1 is 1.06 bits per heavy atom. The molecular formula is C23H29ClF2N4O2. The quantitative estimate of drug-likeness (QED) is 0.295. The zero-order valence-corrected chi connectivity index (χ0v) is 19.3. The number of urea groups is 1. The lowest BCUT2D eigenvalue weighted by molar-refractivity contribution is 0.178. The number of nitroso groups, excluding NO2 is 1. The lowest BCUT2D eigenvalue weighted by atomic mass is 9.69. The van der Waals surface area contributed by atoms with Crippen molar-refractivity contribution in [3.63, 3.8) is 0 Å². The third-order valence-electron chi connectivity index (χ3n) is 5.29. The molecule has 9 heteroatoms. The van der Waals surface area contributed by atoms with Gasteiger partial charge in [0.25, 0.3) is 0 Å². The van der Waals surface area contributed by atoms with Gasteiger partial charge in [-0.1, -0.05) is 31.2 Å². The fourth-order valence-electron chi connectivity index (χ4n) is 4.11. The normalized spacial score (nSPS) is 12.5. The van der Waals surface area contributed by atoms with E-state index in [0.29, 0.717) is 17.5 Å². The zero-order chi connectivity index (χ0) is 23.7. The van der Waals surface area contributed by atoms with Crippen molar-refractivity contribution in [1.29, 1.82) is 0 Å². The zero-order valence-electron chi connectivity index (χ0n) is 18.5. The Balaban J connectivity index is 2.63. The Bertz CT molecular complexity index is 833. The van der Waals surface area contributed by atoms with Gasteiger partial charge in [0, 0.05) is 24.4 Å². The highest BCUT2D eigenvalue weighted by molar-refractivity contribution is 6.18. The summed E-state index contributed by atoms with van der Waals surface area (Å²) in [7, 11) is 3.90. The maximum atomic E-state index is 13.7. The largest absolute Gasteiger partial charge is 0.340 e. The van der Waals surface area contributed by atoms with Crippen LogP contribution in [-0.2, 0) is 5.41 Å². The molecular weight excluding hydrogens is 438 g/mol. The summed E-state index contributed by atoms with van der Waals surface area (Å²) in [6, 6.07) is 11.1. The summed E-state index contributed by atoms with van der Waals surface area (Å²) in [5.74, 6) is -0.527. The van der Waals surface area contributed by atoms with E-state index in [9.17, 15) is 18.5 Å². The third kappa shape index (κ3) is 6.71. The number of hydrogen-bond donors (Lipinski definition) is 1. The van der Waals surface area contributed by atoms with Crippen molar-refractivity contribution in [3.05, 3.63) is 76.2 Å². The molecule has 2 rings (SSSR count). The number of nitrogens with one attached hydrogen (secondary N) is 1. The molecule has 1 N–H and O–H groups in total. The van der Waals surface area contributed by atoms with Gasteiger partial charge in [0.2, 0.25) is 0 Å². The topological polar surface area (TPSA) is 65.0 Å². The Labute approximate surface area is 192 Å².